The first kappa shape index (κ1) is 26.4. The molecule has 2 atom stereocenters. The van der Waals surface area contributed by atoms with Crippen LogP contribution < -0.4 is 5.32 Å². The second-order valence-electron chi connectivity index (χ2n) is 9.28. The Bertz CT molecular complexity index is 1200. The number of rotatable bonds is 10. The van der Waals surface area contributed by atoms with Crippen LogP contribution in [0.4, 0.5) is 4.39 Å². The number of carbonyl (C=O) groups is 2. The van der Waals surface area contributed by atoms with Crippen molar-refractivity contribution in [1.82, 2.24) is 15.5 Å². The number of aliphatic carboxylic acids is 1. The second kappa shape index (κ2) is 11.0. The van der Waals surface area contributed by atoms with E-state index >= 15 is 0 Å². The normalized spacial score (nSPS) is 13.9. The minimum absolute atomic E-state index is 0.000418. The van der Waals surface area contributed by atoms with E-state index in [0.717, 1.165) is 11.3 Å². The highest BCUT2D eigenvalue weighted by Gasteiger charge is 2.36. The quantitative estimate of drug-likeness (QED) is 0.318. The summed E-state index contributed by atoms with van der Waals surface area (Å²) in [7, 11) is 0. The van der Waals surface area contributed by atoms with Gasteiger partial charge in [-0.3, -0.25) is 14.7 Å². The van der Waals surface area contributed by atoms with Crippen molar-refractivity contribution in [1.29, 1.82) is 0 Å². The third kappa shape index (κ3) is 6.46. The van der Waals surface area contributed by atoms with Gasteiger partial charge in [-0.15, -0.1) is 0 Å². The van der Waals surface area contributed by atoms with Gasteiger partial charge in [-0.1, -0.05) is 49.7 Å². The lowest BCUT2D eigenvalue weighted by atomic mass is 9.82. The lowest BCUT2D eigenvalue weighted by Gasteiger charge is -2.28. The first-order chi connectivity index (χ1) is 16.5. The molecule has 3 rings (SSSR count). The van der Waals surface area contributed by atoms with E-state index in [1.165, 1.54) is 19.1 Å². The first-order valence-corrected chi connectivity index (χ1v) is 11.6. The average Bonchev–Trinajstić information content (AvgIpc) is 3.32. The molecule has 0 aliphatic rings. The summed E-state index contributed by atoms with van der Waals surface area (Å²) >= 11 is 6.00. The van der Waals surface area contributed by atoms with Crippen molar-refractivity contribution in [2.24, 2.45) is 5.41 Å². The van der Waals surface area contributed by atoms with Crippen LogP contribution in [-0.2, 0) is 11.2 Å². The SMILES string of the molecule is CC(C)c1cc(C(=O)N[C@H](Cc2ccc(-c3cc(Cl)ccc3F)cc2)C[C@@](C)(CO)C(=O)O)[nH]n1. The van der Waals surface area contributed by atoms with Crippen LogP contribution in [0.1, 0.15) is 54.9 Å². The number of carboxylic acid groups (broad SMARTS) is 1. The summed E-state index contributed by atoms with van der Waals surface area (Å²) in [6.45, 7) is 4.77. The molecule has 0 aliphatic carbocycles. The van der Waals surface area contributed by atoms with Gasteiger partial charge in [0.1, 0.15) is 11.5 Å². The van der Waals surface area contributed by atoms with Crippen molar-refractivity contribution >= 4 is 23.5 Å². The number of hydrogen-bond acceptors (Lipinski definition) is 4. The summed E-state index contributed by atoms with van der Waals surface area (Å²) in [5.74, 6) is -1.84. The molecule has 0 fully saturated rings. The van der Waals surface area contributed by atoms with E-state index < -0.39 is 35.8 Å². The van der Waals surface area contributed by atoms with Crippen molar-refractivity contribution < 1.29 is 24.2 Å². The predicted octanol–water partition coefficient (Wildman–Crippen LogP) is 4.81. The number of benzene rings is 2. The molecule has 7 nitrogen and oxygen atoms in total. The third-order valence-corrected chi connectivity index (χ3v) is 6.24. The lowest BCUT2D eigenvalue weighted by molar-refractivity contribution is -0.151. The van der Waals surface area contributed by atoms with Crippen molar-refractivity contribution in [3.63, 3.8) is 0 Å². The first-order valence-electron chi connectivity index (χ1n) is 11.3. The van der Waals surface area contributed by atoms with E-state index in [-0.39, 0.29) is 18.0 Å². The molecule has 0 saturated carbocycles. The molecular weight excluding hydrogens is 473 g/mol. The molecule has 0 bridgehead atoms. The smallest absolute Gasteiger partial charge is 0.311 e. The van der Waals surface area contributed by atoms with Gasteiger partial charge in [-0.25, -0.2) is 4.39 Å². The molecule has 0 aliphatic heterocycles. The number of nitrogens with one attached hydrogen (secondary N) is 2. The summed E-state index contributed by atoms with van der Waals surface area (Å²) in [6, 6.07) is 12.5. The standard InChI is InChI=1S/C26H29ClFN3O4/c1-15(2)22-12-23(31-30-22)24(33)29-19(13-26(3,14-32)25(34)35)10-16-4-6-17(7-5-16)20-11-18(27)8-9-21(20)28/h4-9,11-12,15,19,32H,10,13-14H2,1-3H3,(H,29,33)(H,30,31)(H,34,35)/t19-,26+/m1/s1. The Kier molecular flexibility index (Phi) is 8.30. The minimum Gasteiger partial charge on any atom is -0.481 e. The van der Waals surface area contributed by atoms with Crippen LogP contribution in [-0.4, -0.2) is 44.9 Å². The molecule has 4 N–H and O–H groups in total. The van der Waals surface area contributed by atoms with E-state index in [0.29, 0.717) is 22.6 Å². The van der Waals surface area contributed by atoms with Gasteiger partial charge in [0.2, 0.25) is 0 Å². The molecule has 0 unspecified atom stereocenters. The van der Waals surface area contributed by atoms with Gasteiger partial charge < -0.3 is 15.5 Å². The molecule has 1 heterocycles. The Morgan fingerprint density at radius 2 is 1.86 bits per heavy atom. The fourth-order valence-corrected chi connectivity index (χ4v) is 3.95. The molecule has 2 aromatic carbocycles. The molecule has 186 valence electrons. The zero-order chi connectivity index (χ0) is 25.8. The van der Waals surface area contributed by atoms with E-state index in [2.05, 4.69) is 15.5 Å². The van der Waals surface area contributed by atoms with Crippen molar-refractivity contribution in [2.45, 2.75) is 45.6 Å². The molecule has 0 saturated heterocycles. The summed E-state index contributed by atoms with van der Waals surface area (Å²) in [5, 5.41) is 29.5. The number of carboxylic acids is 1. The van der Waals surface area contributed by atoms with Crippen molar-refractivity contribution in [2.75, 3.05) is 6.61 Å². The zero-order valence-electron chi connectivity index (χ0n) is 19.8. The van der Waals surface area contributed by atoms with Gasteiger partial charge >= 0.3 is 5.97 Å². The van der Waals surface area contributed by atoms with E-state index in [1.807, 2.05) is 13.8 Å². The van der Waals surface area contributed by atoms with Crippen LogP contribution in [0, 0.1) is 11.2 Å². The fourth-order valence-electron chi connectivity index (χ4n) is 3.77. The number of carbonyl (C=O) groups excluding carboxylic acids is 1. The van der Waals surface area contributed by atoms with Crippen LogP contribution in [0.5, 0.6) is 0 Å². The van der Waals surface area contributed by atoms with Gasteiger partial charge in [-0.05, 0) is 61.1 Å². The summed E-state index contributed by atoms with van der Waals surface area (Å²) in [5.41, 5.74) is 1.37. The number of H-pyrrole nitrogens is 1. The monoisotopic (exact) mass is 501 g/mol. The van der Waals surface area contributed by atoms with Gasteiger partial charge in [0.15, 0.2) is 0 Å². The minimum atomic E-state index is -1.45. The topological polar surface area (TPSA) is 115 Å². The van der Waals surface area contributed by atoms with Gasteiger partial charge in [-0.2, -0.15) is 5.10 Å². The number of nitrogens with zero attached hydrogens (tertiary/aromatic N) is 1. The van der Waals surface area contributed by atoms with E-state index in [4.69, 9.17) is 11.6 Å². The van der Waals surface area contributed by atoms with Gasteiger partial charge in [0.25, 0.3) is 5.91 Å². The highest BCUT2D eigenvalue weighted by Crippen LogP contribution is 2.28. The zero-order valence-corrected chi connectivity index (χ0v) is 20.6. The lowest BCUT2D eigenvalue weighted by Crippen LogP contribution is -2.44. The molecule has 0 spiro atoms. The number of aromatic amines is 1. The Balaban J connectivity index is 1.83. The number of aromatic nitrogens is 2. The predicted molar refractivity (Wildman–Crippen MR) is 132 cm³/mol. The maximum Gasteiger partial charge on any atom is 0.311 e. The Morgan fingerprint density at radius 3 is 2.43 bits per heavy atom. The molecule has 1 aromatic heterocycles. The fraction of sp³-hybridized carbons (Fsp3) is 0.346. The number of amides is 1. The highest BCUT2D eigenvalue weighted by molar-refractivity contribution is 6.30. The van der Waals surface area contributed by atoms with Gasteiger partial charge in [0.05, 0.1) is 17.7 Å². The Hall–Kier alpha value is -3.23. The molecule has 35 heavy (non-hydrogen) atoms. The summed E-state index contributed by atoms with van der Waals surface area (Å²) in [6.07, 6.45) is 0.304. The maximum absolute atomic E-state index is 14.2. The highest BCUT2D eigenvalue weighted by atomic mass is 35.5. The average molecular weight is 502 g/mol. The Morgan fingerprint density at radius 1 is 1.17 bits per heavy atom. The Labute approximate surface area is 208 Å². The van der Waals surface area contributed by atoms with Gasteiger partial charge in [0, 0.05) is 16.6 Å². The summed E-state index contributed by atoms with van der Waals surface area (Å²) in [4.78, 5) is 24.7. The molecule has 3 aromatic rings. The molecule has 1 amide bonds. The number of aliphatic hydroxyl groups is 1. The number of halogens is 2. The van der Waals surface area contributed by atoms with Crippen LogP contribution in [0.25, 0.3) is 11.1 Å². The number of aliphatic hydroxyl groups excluding tert-OH is 1. The van der Waals surface area contributed by atoms with E-state index in [9.17, 15) is 24.2 Å². The van der Waals surface area contributed by atoms with E-state index in [1.54, 1.807) is 36.4 Å². The second-order valence-corrected chi connectivity index (χ2v) is 9.72. The van der Waals surface area contributed by atoms with Crippen LogP contribution in [0.15, 0.2) is 48.5 Å². The van der Waals surface area contributed by atoms with Crippen molar-refractivity contribution in [3.05, 3.63) is 76.3 Å². The van der Waals surface area contributed by atoms with Crippen LogP contribution in [0.2, 0.25) is 5.02 Å². The molecule has 0 radical (unpaired) electrons. The molecular formula is C26H29ClFN3O4. The number of hydrogen-bond donors (Lipinski definition) is 4. The summed E-state index contributed by atoms with van der Waals surface area (Å²) < 4.78 is 14.2. The third-order valence-electron chi connectivity index (χ3n) is 6.01. The van der Waals surface area contributed by atoms with Crippen molar-refractivity contribution in [3.8, 4) is 11.1 Å². The van der Waals surface area contributed by atoms with Crippen LogP contribution >= 0.6 is 11.6 Å². The van der Waals surface area contributed by atoms with Crippen LogP contribution in [0.3, 0.4) is 0 Å². The molecule has 9 heteroatoms. The maximum atomic E-state index is 14.2. The largest absolute Gasteiger partial charge is 0.481 e.